The average molecular weight is 275 g/mol. The molecule has 1 aromatic carbocycles. The largest absolute Gasteiger partial charge is 0.466 e. The van der Waals surface area contributed by atoms with Crippen LogP contribution >= 0.6 is 11.6 Å². The van der Waals surface area contributed by atoms with Gasteiger partial charge >= 0.3 is 0 Å². The van der Waals surface area contributed by atoms with Crippen molar-refractivity contribution < 1.29 is 4.42 Å². The zero-order chi connectivity index (χ0) is 14.0. The second-order valence-corrected chi connectivity index (χ2v) is 4.95. The van der Waals surface area contributed by atoms with E-state index in [1.165, 1.54) is 0 Å². The highest BCUT2D eigenvalue weighted by molar-refractivity contribution is 6.31. The lowest BCUT2D eigenvalue weighted by Crippen LogP contribution is -2.06. The van der Waals surface area contributed by atoms with Crippen molar-refractivity contribution in [1.29, 1.82) is 5.26 Å². The standard InChI is InChI=1S/C15H15ClN2O/c1-9-6-14(11(3)19-9)10(2)18-13-4-5-15(16)12(7-13)8-17/h4-7,10,18H,1-3H3. The zero-order valence-electron chi connectivity index (χ0n) is 11.1. The van der Waals surface area contributed by atoms with Crippen LogP contribution in [0, 0.1) is 25.2 Å². The van der Waals surface area contributed by atoms with Crippen molar-refractivity contribution in [3.63, 3.8) is 0 Å². The molecule has 1 aromatic heterocycles. The minimum absolute atomic E-state index is 0.102. The van der Waals surface area contributed by atoms with Crippen LogP contribution in [-0.4, -0.2) is 0 Å². The third-order valence-corrected chi connectivity index (χ3v) is 3.35. The van der Waals surface area contributed by atoms with E-state index in [-0.39, 0.29) is 6.04 Å². The summed E-state index contributed by atoms with van der Waals surface area (Å²) >= 11 is 5.91. The number of furan rings is 1. The number of anilines is 1. The van der Waals surface area contributed by atoms with Crippen molar-refractivity contribution in [3.8, 4) is 6.07 Å². The Morgan fingerprint density at radius 1 is 1.32 bits per heavy atom. The molecule has 0 bridgehead atoms. The molecule has 1 unspecified atom stereocenters. The van der Waals surface area contributed by atoms with Crippen LogP contribution in [0.2, 0.25) is 5.02 Å². The van der Waals surface area contributed by atoms with Gasteiger partial charge in [0.2, 0.25) is 0 Å². The van der Waals surface area contributed by atoms with E-state index in [4.69, 9.17) is 21.3 Å². The summed E-state index contributed by atoms with van der Waals surface area (Å²) in [6, 6.07) is 9.54. The topological polar surface area (TPSA) is 49.0 Å². The van der Waals surface area contributed by atoms with E-state index in [1.807, 2.05) is 26.0 Å². The summed E-state index contributed by atoms with van der Waals surface area (Å²) in [4.78, 5) is 0. The van der Waals surface area contributed by atoms with Gasteiger partial charge in [-0.2, -0.15) is 5.26 Å². The Kier molecular flexibility index (Phi) is 3.82. The minimum atomic E-state index is 0.102. The van der Waals surface area contributed by atoms with Crippen LogP contribution in [0.25, 0.3) is 0 Å². The Labute approximate surface area is 117 Å². The summed E-state index contributed by atoms with van der Waals surface area (Å²) in [5.41, 5.74) is 2.46. The number of hydrogen-bond acceptors (Lipinski definition) is 3. The van der Waals surface area contributed by atoms with Crippen LogP contribution in [-0.2, 0) is 0 Å². The second-order valence-electron chi connectivity index (χ2n) is 4.54. The Bertz CT molecular complexity index is 640. The first-order valence-electron chi connectivity index (χ1n) is 6.04. The molecule has 2 aromatic rings. The van der Waals surface area contributed by atoms with Gasteiger partial charge in [0, 0.05) is 11.3 Å². The van der Waals surface area contributed by atoms with E-state index < -0.39 is 0 Å². The predicted octanol–water partition coefficient (Wildman–Crippen LogP) is 4.59. The summed E-state index contributed by atoms with van der Waals surface area (Å²) in [5.74, 6) is 1.81. The first-order chi connectivity index (χ1) is 9.01. The first kappa shape index (κ1) is 13.5. The third kappa shape index (κ3) is 2.91. The summed E-state index contributed by atoms with van der Waals surface area (Å²) in [6.45, 7) is 5.93. The Morgan fingerprint density at radius 3 is 2.63 bits per heavy atom. The number of nitrogens with one attached hydrogen (secondary N) is 1. The van der Waals surface area contributed by atoms with Crippen LogP contribution in [0.5, 0.6) is 0 Å². The van der Waals surface area contributed by atoms with Crippen LogP contribution in [0.3, 0.4) is 0 Å². The maximum absolute atomic E-state index is 8.96. The molecule has 3 nitrogen and oxygen atoms in total. The maximum atomic E-state index is 8.96. The number of halogens is 1. The van der Waals surface area contributed by atoms with Gasteiger partial charge in [0.05, 0.1) is 16.6 Å². The van der Waals surface area contributed by atoms with Gasteiger partial charge in [-0.25, -0.2) is 0 Å². The van der Waals surface area contributed by atoms with E-state index in [0.717, 1.165) is 22.8 Å². The molecule has 4 heteroatoms. The maximum Gasteiger partial charge on any atom is 0.106 e. The van der Waals surface area contributed by atoms with Crippen LogP contribution in [0.4, 0.5) is 5.69 Å². The lowest BCUT2D eigenvalue weighted by Gasteiger charge is -2.15. The Hall–Kier alpha value is -1.92. The van der Waals surface area contributed by atoms with Crippen molar-refractivity contribution in [1.82, 2.24) is 0 Å². The molecule has 1 atom stereocenters. The van der Waals surface area contributed by atoms with Crippen molar-refractivity contribution in [2.24, 2.45) is 0 Å². The number of hydrogen-bond donors (Lipinski definition) is 1. The van der Waals surface area contributed by atoms with E-state index in [0.29, 0.717) is 10.6 Å². The van der Waals surface area contributed by atoms with Crippen LogP contribution < -0.4 is 5.32 Å². The highest BCUT2D eigenvalue weighted by Gasteiger charge is 2.13. The normalized spacial score (nSPS) is 11.9. The highest BCUT2D eigenvalue weighted by atomic mass is 35.5. The van der Waals surface area contributed by atoms with Crippen LogP contribution in [0.15, 0.2) is 28.7 Å². The van der Waals surface area contributed by atoms with Gasteiger partial charge in [-0.1, -0.05) is 11.6 Å². The molecular weight excluding hydrogens is 260 g/mol. The molecule has 1 heterocycles. The van der Waals surface area contributed by atoms with E-state index in [9.17, 15) is 0 Å². The molecule has 0 aliphatic carbocycles. The molecule has 0 aliphatic heterocycles. The molecule has 1 N–H and O–H groups in total. The van der Waals surface area contributed by atoms with Gasteiger partial charge in [0.15, 0.2) is 0 Å². The third-order valence-electron chi connectivity index (χ3n) is 3.02. The first-order valence-corrected chi connectivity index (χ1v) is 6.42. The molecule has 0 saturated carbocycles. The summed E-state index contributed by atoms with van der Waals surface area (Å²) in [5, 5.41) is 12.8. The summed E-state index contributed by atoms with van der Waals surface area (Å²) in [6.07, 6.45) is 0. The number of benzene rings is 1. The van der Waals surface area contributed by atoms with Crippen molar-refractivity contribution in [2.45, 2.75) is 26.8 Å². The number of aryl methyl sites for hydroxylation is 2. The molecule has 98 valence electrons. The van der Waals surface area contributed by atoms with Gasteiger partial charge in [-0.3, -0.25) is 0 Å². The summed E-state index contributed by atoms with van der Waals surface area (Å²) in [7, 11) is 0. The number of rotatable bonds is 3. The monoisotopic (exact) mass is 274 g/mol. The fourth-order valence-corrected chi connectivity index (χ4v) is 2.27. The minimum Gasteiger partial charge on any atom is -0.466 e. The fourth-order valence-electron chi connectivity index (χ4n) is 2.11. The summed E-state index contributed by atoms with van der Waals surface area (Å²) < 4.78 is 5.52. The SMILES string of the molecule is Cc1cc(C(C)Nc2ccc(Cl)c(C#N)c2)c(C)o1. The van der Waals surface area contributed by atoms with Gasteiger partial charge in [-0.15, -0.1) is 0 Å². The van der Waals surface area contributed by atoms with Crippen molar-refractivity contribution in [2.75, 3.05) is 5.32 Å². The smallest absolute Gasteiger partial charge is 0.106 e. The zero-order valence-corrected chi connectivity index (χ0v) is 11.9. The lowest BCUT2D eigenvalue weighted by atomic mass is 10.1. The Balaban J connectivity index is 2.22. The highest BCUT2D eigenvalue weighted by Crippen LogP contribution is 2.26. The molecule has 0 fully saturated rings. The molecule has 19 heavy (non-hydrogen) atoms. The molecule has 0 spiro atoms. The van der Waals surface area contributed by atoms with Crippen molar-refractivity contribution >= 4 is 17.3 Å². The van der Waals surface area contributed by atoms with Gasteiger partial charge in [-0.05, 0) is 45.0 Å². The van der Waals surface area contributed by atoms with Gasteiger partial charge in [0.1, 0.15) is 17.6 Å². The number of nitriles is 1. The van der Waals surface area contributed by atoms with E-state index in [1.54, 1.807) is 12.1 Å². The molecule has 0 amide bonds. The molecule has 0 saturated heterocycles. The quantitative estimate of drug-likeness (QED) is 0.890. The molecular formula is C15H15ClN2O. The molecule has 2 rings (SSSR count). The van der Waals surface area contributed by atoms with Crippen molar-refractivity contribution in [3.05, 3.63) is 51.9 Å². The number of nitrogens with zero attached hydrogens (tertiary/aromatic N) is 1. The van der Waals surface area contributed by atoms with Gasteiger partial charge in [0.25, 0.3) is 0 Å². The predicted molar refractivity (Wildman–Crippen MR) is 76.4 cm³/mol. The van der Waals surface area contributed by atoms with E-state index in [2.05, 4.69) is 18.3 Å². The molecule has 0 radical (unpaired) electrons. The fraction of sp³-hybridized carbons (Fsp3) is 0.267. The molecule has 0 aliphatic rings. The van der Waals surface area contributed by atoms with E-state index >= 15 is 0 Å². The van der Waals surface area contributed by atoms with Gasteiger partial charge < -0.3 is 9.73 Å². The van der Waals surface area contributed by atoms with Crippen LogP contribution in [0.1, 0.15) is 35.6 Å². The average Bonchev–Trinajstić information content (AvgIpc) is 2.71. The second kappa shape index (κ2) is 5.38. The Morgan fingerprint density at radius 2 is 2.05 bits per heavy atom. The lowest BCUT2D eigenvalue weighted by molar-refractivity contribution is 0.500.